The second-order valence-electron chi connectivity index (χ2n) is 15.3. The lowest BCUT2D eigenvalue weighted by Crippen LogP contribution is -2.70. The fourth-order valence-corrected chi connectivity index (χ4v) is 8.44. The summed E-state index contributed by atoms with van der Waals surface area (Å²) in [6, 6.07) is 10.3. The molecule has 2 N–H and O–H groups in total. The molecular formula is C36H45N9O3. The lowest BCUT2D eigenvalue weighted by Gasteiger charge is -2.62. The Balaban J connectivity index is 0.896. The number of likely N-dealkylation sites (tertiary alicyclic amines) is 1. The number of para-hydroxylation sites is 1. The molecule has 1 spiro atoms. The second-order valence-corrected chi connectivity index (χ2v) is 15.3. The number of carbonyl (C=O) groups is 1. The number of aromatic nitrogens is 5. The molecule has 0 bridgehead atoms. The van der Waals surface area contributed by atoms with Crippen molar-refractivity contribution in [2.75, 3.05) is 49.1 Å². The van der Waals surface area contributed by atoms with Gasteiger partial charge in [-0.05, 0) is 65.7 Å². The summed E-state index contributed by atoms with van der Waals surface area (Å²) >= 11 is 0. The predicted molar refractivity (Wildman–Crippen MR) is 184 cm³/mol. The molecule has 3 aliphatic heterocycles. The summed E-state index contributed by atoms with van der Waals surface area (Å²) in [6.45, 7) is 15.6. The zero-order valence-corrected chi connectivity index (χ0v) is 28.5. The van der Waals surface area contributed by atoms with E-state index in [0.29, 0.717) is 23.3 Å². The standard InChI is InChI=1S/C36H45N9O3/c1-22-19-42(12-13-44(22)24-15-36(16-24)20-43(21-36)34(47)48-35(3,4)5)25-17-37-33(38-18-25)45-11-10-28-31(23(45)2)27-14-29(40-41-32(27)39-28)26-8-6-7-9-30(26)46/h6-9,14,17-18,22-24,46H,10-13,15-16,19-21H2,1-5H3,(H,39,41)/t22-,23+/m0/s1. The van der Waals surface area contributed by atoms with E-state index in [1.807, 2.05) is 56.3 Å². The third kappa shape index (κ3) is 5.39. The number of phenols is 1. The molecule has 1 amide bonds. The highest BCUT2D eigenvalue weighted by Crippen LogP contribution is 2.51. The van der Waals surface area contributed by atoms with Crippen molar-refractivity contribution in [2.24, 2.45) is 5.41 Å². The number of H-pyrrole nitrogens is 1. The first-order chi connectivity index (χ1) is 23.0. The van der Waals surface area contributed by atoms with Crippen molar-refractivity contribution in [1.29, 1.82) is 0 Å². The summed E-state index contributed by atoms with van der Waals surface area (Å²) in [6.07, 6.45) is 6.91. The van der Waals surface area contributed by atoms with Gasteiger partial charge in [0.1, 0.15) is 11.4 Å². The highest BCUT2D eigenvalue weighted by Gasteiger charge is 2.56. The van der Waals surface area contributed by atoms with E-state index in [9.17, 15) is 9.90 Å². The predicted octanol–water partition coefficient (Wildman–Crippen LogP) is 5.15. The molecular weight excluding hydrogens is 606 g/mol. The minimum absolute atomic E-state index is 0.0380. The van der Waals surface area contributed by atoms with E-state index in [2.05, 4.69) is 43.7 Å². The van der Waals surface area contributed by atoms with Crippen LogP contribution in [-0.2, 0) is 11.2 Å². The maximum Gasteiger partial charge on any atom is 0.410 e. The maximum atomic E-state index is 12.4. The summed E-state index contributed by atoms with van der Waals surface area (Å²) in [5.74, 6) is 0.911. The first kappa shape index (κ1) is 30.9. The van der Waals surface area contributed by atoms with Gasteiger partial charge in [-0.3, -0.25) is 4.90 Å². The molecule has 252 valence electrons. The van der Waals surface area contributed by atoms with Crippen molar-refractivity contribution < 1.29 is 14.6 Å². The smallest absolute Gasteiger partial charge is 0.410 e. The molecule has 2 atom stereocenters. The van der Waals surface area contributed by atoms with Crippen LogP contribution in [0.5, 0.6) is 5.75 Å². The van der Waals surface area contributed by atoms with E-state index in [1.54, 1.807) is 12.1 Å². The van der Waals surface area contributed by atoms with E-state index >= 15 is 0 Å². The van der Waals surface area contributed by atoms with Crippen molar-refractivity contribution in [2.45, 2.75) is 77.6 Å². The van der Waals surface area contributed by atoms with Crippen molar-refractivity contribution >= 4 is 28.8 Å². The molecule has 8 rings (SSSR count). The number of carbonyl (C=O) groups excluding carboxylic acids is 1. The Morgan fingerprint density at radius 2 is 1.79 bits per heavy atom. The number of hydrogen-bond donors (Lipinski definition) is 2. The Kier molecular flexibility index (Phi) is 7.28. The molecule has 0 radical (unpaired) electrons. The van der Waals surface area contributed by atoms with E-state index in [1.165, 1.54) is 5.56 Å². The molecule has 1 aliphatic carbocycles. The van der Waals surface area contributed by atoms with Crippen LogP contribution in [0, 0.1) is 5.41 Å². The van der Waals surface area contributed by atoms with Gasteiger partial charge in [0.2, 0.25) is 5.95 Å². The molecule has 4 aliphatic rings. The van der Waals surface area contributed by atoms with Crippen LogP contribution in [-0.4, -0.2) is 103 Å². The maximum absolute atomic E-state index is 12.4. The van der Waals surface area contributed by atoms with Crippen molar-refractivity contribution in [1.82, 2.24) is 34.9 Å². The van der Waals surface area contributed by atoms with E-state index in [-0.39, 0.29) is 23.3 Å². The summed E-state index contributed by atoms with van der Waals surface area (Å²) < 4.78 is 5.56. The minimum atomic E-state index is -0.451. The van der Waals surface area contributed by atoms with Crippen LogP contribution in [0.15, 0.2) is 42.7 Å². The van der Waals surface area contributed by atoms with Crippen LogP contribution in [0.2, 0.25) is 0 Å². The van der Waals surface area contributed by atoms with E-state index < -0.39 is 5.60 Å². The molecule has 4 aromatic rings. The van der Waals surface area contributed by atoms with Gasteiger partial charge in [0.25, 0.3) is 0 Å². The van der Waals surface area contributed by atoms with Crippen molar-refractivity contribution in [3.05, 3.63) is 54.0 Å². The molecule has 12 heteroatoms. The monoisotopic (exact) mass is 651 g/mol. The Morgan fingerprint density at radius 1 is 1.04 bits per heavy atom. The average molecular weight is 652 g/mol. The van der Waals surface area contributed by atoms with Gasteiger partial charge in [-0.25, -0.2) is 14.8 Å². The van der Waals surface area contributed by atoms with Crippen LogP contribution >= 0.6 is 0 Å². The van der Waals surface area contributed by atoms with E-state index in [0.717, 1.165) is 86.9 Å². The van der Waals surface area contributed by atoms with Gasteiger partial charge < -0.3 is 29.5 Å². The van der Waals surface area contributed by atoms with Crippen molar-refractivity contribution in [3.8, 4) is 17.0 Å². The Morgan fingerprint density at radius 3 is 2.50 bits per heavy atom. The lowest BCUT2D eigenvalue weighted by atomic mass is 9.60. The molecule has 0 unspecified atom stereocenters. The molecule has 3 fully saturated rings. The van der Waals surface area contributed by atoms with E-state index in [4.69, 9.17) is 14.7 Å². The minimum Gasteiger partial charge on any atom is -0.507 e. The van der Waals surface area contributed by atoms with Crippen LogP contribution in [0.3, 0.4) is 0 Å². The zero-order chi connectivity index (χ0) is 33.4. The number of piperazine rings is 1. The fraction of sp³-hybridized carbons (Fsp3) is 0.528. The zero-order valence-electron chi connectivity index (χ0n) is 28.5. The van der Waals surface area contributed by atoms with Crippen LogP contribution in [0.25, 0.3) is 22.3 Å². The number of aromatic hydroxyl groups is 1. The number of anilines is 2. The number of ether oxygens (including phenoxy) is 1. The lowest BCUT2D eigenvalue weighted by molar-refractivity contribution is -0.114. The Labute approximate surface area is 281 Å². The quantitative estimate of drug-likeness (QED) is 0.306. The van der Waals surface area contributed by atoms with Gasteiger partial charge in [-0.1, -0.05) is 12.1 Å². The summed E-state index contributed by atoms with van der Waals surface area (Å²) in [7, 11) is 0. The van der Waals surface area contributed by atoms with Gasteiger partial charge in [-0.2, -0.15) is 0 Å². The highest BCUT2D eigenvalue weighted by atomic mass is 16.6. The Hall–Kier alpha value is -4.45. The molecule has 12 nitrogen and oxygen atoms in total. The van der Waals surface area contributed by atoms with Gasteiger partial charge in [0.05, 0.1) is 29.8 Å². The number of amides is 1. The van der Waals surface area contributed by atoms with Gasteiger partial charge >= 0.3 is 6.09 Å². The molecule has 1 saturated carbocycles. The van der Waals surface area contributed by atoms with Crippen LogP contribution in [0.4, 0.5) is 16.4 Å². The largest absolute Gasteiger partial charge is 0.507 e. The first-order valence-electron chi connectivity index (χ1n) is 17.2. The fourth-order valence-electron chi connectivity index (χ4n) is 8.44. The van der Waals surface area contributed by atoms with Gasteiger partial charge in [0, 0.05) is 85.4 Å². The summed E-state index contributed by atoms with van der Waals surface area (Å²) in [5.41, 5.74) is 5.29. The number of hydrogen-bond acceptors (Lipinski definition) is 10. The normalized spacial score (nSPS) is 22.8. The highest BCUT2D eigenvalue weighted by molar-refractivity contribution is 5.86. The molecule has 1 aromatic carbocycles. The third-order valence-electron chi connectivity index (χ3n) is 10.8. The van der Waals surface area contributed by atoms with Crippen LogP contribution in [0.1, 0.15) is 64.8 Å². The number of phenolic OH excluding ortho intramolecular Hbond substituents is 1. The number of nitrogens with one attached hydrogen (secondary N) is 1. The molecule has 48 heavy (non-hydrogen) atoms. The number of benzene rings is 1. The first-order valence-corrected chi connectivity index (χ1v) is 17.2. The number of rotatable bonds is 4. The van der Waals surface area contributed by atoms with Crippen LogP contribution < -0.4 is 9.80 Å². The average Bonchev–Trinajstić information content (AvgIpc) is 3.39. The molecule has 3 aromatic heterocycles. The third-order valence-corrected chi connectivity index (χ3v) is 10.8. The number of nitrogens with zero attached hydrogens (tertiary/aromatic N) is 8. The van der Waals surface area contributed by atoms with Crippen molar-refractivity contribution in [3.63, 3.8) is 0 Å². The number of aromatic amines is 1. The number of fused-ring (bicyclic) bond motifs is 3. The summed E-state index contributed by atoms with van der Waals surface area (Å²) in [5, 5.41) is 20.3. The second kappa shape index (κ2) is 11.3. The Bertz CT molecular complexity index is 1840. The summed E-state index contributed by atoms with van der Waals surface area (Å²) in [4.78, 5) is 34.8. The molecule has 2 saturated heterocycles. The topological polar surface area (TPSA) is 127 Å². The van der Waals surface area contributed by atoms with Gasteiger partial charge in [0.15, 0.2) is 5.65 Å². The molecule has 6 heterocycles. The van der Waals surface area contributed by atoms with Gasteiger partial charge in [-0.15, -0.1) is 10.2 Å². The SMILES string of the molecule is C[C@@H]1c2c([nH]c3nnc(-c4ccccc4O)cc23)CCN1c1ncc(N2CCN(C3CC4(C3)CN(C(=O)OC(C)(C)C)C4)[C@@H](C)C2)cn1.